The number of fused-ring (bicyclic) bond motifs is 2. The molecule has 1 fully saturated rings. The summed E-state index contributed by atoms with van der Waals surface area (Å²) < 4.78 is 17.3. The first kappa shape index (κ1) is 19.3. The van der Waals surface area contributed by atoms with Crippen LogP contribution in [0.15, 0.2) is 24.5 Å². The maximum atomic E-state index is 13.3. The van der Waals surface area contributed by atoms with Gasteiger partial charge in [0.1, 0.15) is 19.3 Å². The molecule has 0 spiro atoms. The van der Waals surface area contributed by atoms with Crippen LogP contribution in [0.2, 0.25) is 0 Å². The maximum Gasteiger partial charge on any atom is 0.173 e. The van der Waals surface area contributed by atoms with Gasteiger partial charge in [-0.3, -0.25) is 4.79 Å². The molecule has 4 atom stereocenters. The van der Waals surface area contributed by atoms with Crippen LogP contribution in [0, 0.1) is 11.8 Å². The minimum absolute atomic E-state index is 0.0549. The first-order chi connectivity index (χ1) is 13.6. The molecular formula is C22H29NO5. The summed E-state index contributed by atoms with van der Waals surface area (Å²) in [4.78, 5) is 15.6. The smallest absolute Gasteiger partial charge is 0.173 e. The molecule has 0 amide bonds. The van der Waals surface area contributed by atoms with Crippen LogP contribution >= 0.6 is 0 Å². The number of rotatable bonds is 5. The van der Waals surface area contributed by atoms with E-state index in [-0.39, 0.29) is 23.7 Å². The van der Waals surface area contributed by atoms with E-state index in [0.717, 1.165) is 25.2 Å². The van der Waals surface area contributed by atoms with E-state index in [1.54, 1.807) is 6.26 Å². The van der Waals surface area contributed by atoms with Gasteiger partial charge in [-0.2, -0.15) is 0 Å². The first-order valence-corrected chi connectivity index (χ1v) is 10.3. The second-order valence-electron chi connectivity index (χ2n) is 7.76. The summed E-state index contributed by atoms with van der Waals surface area (Å²) in [5.41, 5.74) is 1.37. The Morgan fingerprint density at radius 1 is 1.11 bits per heavy atom. The number of aliphatic hydroxyl groups is 1. The number of aliphatic hydroxyl groups excluding tert-OH is 1. The lowest BCUT2D eigenvalue weighted by Crippen LogP contribution is -2.51. The quantitative estimate of drug-likeness (QED) is 0.837. The van der Waals surface area contributed by atoms with Gasteiger partial charge in [0.05, 0.1) is 23.9 Å². The number of carbonyl (C=O) groups is 1. The highest BCUT2D eigenvalue weighted by Gasteiger charge is 2.46. The standard InChI is InChI=1S/C22H29NO5/c1-3-23(4-2)12-16-18(24)7-6-15-21(25)17(13-28-22(15)16)14-5-8-19-20(11-14)27-10-9-26-19/h5,8,11,13,15-16,18,22,24H,3-4,6-7,9-10,12H2,1-2H3. The van der Waals surface area contributed by atoms with Gasteiger partial charge in [-0.05, 0) is 43.6 Å². The molecule has 1 aromatic carbocycles. The highest BCUT2D eigenvalue weighted by Crippen LogP contribution is 2.41. The topological polar surface area (TPSA) is 68.2 Å². The number of carbonyl (C=O) groups excluding carboxylic acids is 1. The van der Waals surface area contributed by atoms with Gasteiger partial charge >= 0.3 is 0 Å². The van der Waals surface area contributed by atoms with Crippen LogP contribution < -0.4 is 9.47 Å². The first-order valence-electron chi connectivity index (χ1n) is 10.3. The number of ketones is 1. The summed E-state index contributed by atoms with van der Waals surface area (Å²) in [6, 6.07) is 5.58. The number of ether oxygens (including phenoxy) is 3. The summed E-state index contributed by atoms with van der Waals surface area (Å²) in [5.74, 6) is 1.21. The molecule has 0 saturated heterocycles. The van der Waals surface area contributed by atoms with Crippen molar-refractivity contribution in [2.24, 2.45) is 11.8 Å². The molecule has 1 aromatic rings. The van der Waals surface area contributed by atoms with Crippen molar-refractivity contribution in [2.45, 2.75) is 38.9 Å². The van der Waals surface area contributed by atoms with Crippen LogP contribution in [-0.4, -0.2) is 60.8 Å². The summed E-state index contributed by atoms with van der Waals surface area (Å²) in [7, 11) is 0. The summed E-state index contributed by atoms with van der Waals surface area (Å²) in [6.07, 6.45) is 2.18. The predicted molar refractivity (Wildman–Crippen MR) is 105 cm³/mol. The third-order valence-corrected chi connectivity index (χ3v) is 6.25. The Hall–Kier alpha value is -2.05. The van der Waals surface area contributed by atoms with Crippen LogP contribution in [0.1, 0.15) is 32.3 Å². The van der Waals surface area contributed by atoms with Crippen LogP contribution in [0.3, 0.4) is 0 Å². The van der Waals surface area contributed by atoms with Crippen molar-refractivity contribution in [1.82, 2.24) is 4.90 Å². The molecule has 152 valence electrons. The van der Waals surface area contributed by atoms with E-state index in [0.29, 0.717) is 43.1 Å². The van der Waals surface area contributed by atoms with Crippen molar-refractivity contribution in [3.63, 3.8) is 0 Å². The largest absolute Gasteiger partial charge is 0.496 e. The zero-order chi connectivity index (χ0) is 19.7. The summed E-state index contributed by atoms with van der Waals surface area (Å²) in [6.45, 7) is 7.86. The Kier molecular flexibility index (Phi) is 5.60. The normalized spacial score (nSPS) is 29.1. The highest BCUT2D eigenvalue weighted by molar-refractivity contribution is 6.22. The van der Waals surface area contributed by atoms with Gasteiger partial charge < -0.3 is 24.2 Å². The van der Waals surface area contributed by atoms with Gasteiger partial charge in [0.2, 0.25) is 0 Å². The number of hydrogen-bond donors (Lipinski definition) is 1. The third-order valence-electron chi connectivity index (χ3n) is 6.25. The Bertz CT molecular complexity index is 757. The molecule has 3 aliphatic rings. The minimum Gasteiger partial charge on any atom is -0.496 e. The monoisotopic (exact) mass is 387 g/mol. The van der Waals surface area contributed by atoms with Crippen LogP contribution in [0.4, 0.5) is 0 Å². The Balaban J connectivity index is 1.58. The Morgan fingerprint density at radius 3 is 2.61 bits per heavy atom. The second-order valence-corrected chi connectivity index (χ2v) is 7.76. The van der Waals surface area contributed by atoms with Crippen LogP contribution in [0.25, 0.3) is 5.57 Å². The van der Waals surface area contributed by atoms with Crippen molar-refractivity contribution < 1.29 is 24.1 Å². The van der Waals surface area contributed by atoms with Gasteiger partial charge in [0.25, 0.3) is 0 Å². The van der Waals surface area contributed by atoms with Gasteiger partial charge in [-0.15, -0.1) is 0 Å². The lowest BCUT2D eigenvalue weighted by molar-refractivity contribution is -0.133. The molecule has 2 aliphatic heterocycles. The molecule has 4 rings (SSSR count). The van der Waals surface area contributed by atoms with Gasteiger partial charge in [0.15, 0.2) is 17.3 Å². The zero-order valence-corrected chi connectivity index (χ0v) is 16.6. The minimum atomic E-state index is -0.432. The fourth-order valence-electron chi connectivity index (χ4n) is 4.55. The predicted octanol–water partition coefficient (Wildman–Crippen LogP) is 2.50. The SMILES string of the molecule is CCN(CC)CC1C(O)CCC2C(=O)C(c3ccc4c(c3)OCCO4)=COC21. The van der Waals surface area contributed by atoms with E-state index in [4.69, 9.17) is 14.2 Å². The number of benzene rings is 1. The molecule has 6 heteroatoms. The number of allylic oxidation sites excluding steroid dienone is 1. The molecular weight excluding hydrogens is 358 g/mol. The molecule has 0 aromatic heterocycles. The number of hydrogen-bond acceptors (Lipinski definition) is 6. The average molecular weight is 387 g/mol. The van der Waals surface area contributed by atoms with Gasteiger partial charge in [-0.25, -0.2) is 0 Å². The Labute approximate surface area is 166 Å². The van der Waals surface area contributed by atoms with E-state index in [9.17, 15) is 9.90 Å². The molecule has 0 radical (unpaired) electrons. The average Bonchev–Trinajstić information content (AvgIpc) is 2.73. The van der Waals surface area contributed by atoms with E-state index < -0.39 is 6.10 Å². The molecule has 28 heavy (non-hydrogen) atoms. The van der Waals surface area contributed by atoms with E-state index in [2.05, 4.69) is 18.7 Å². The maximum absolute atomic E-state index is 13.3. The van der Waals surface area contributed by atoms with E-state index in [1.807, 2.05) is 18.2 Å². The van der Waals surface area contributed by atoms with Crippen molar-refractivity contribution >= 4 is 11.4 Å². The lowest BCUT2D eigenvalue weighted by Gasteiger charge is -2.43. The molecule has 1 saturated carbocycles. The summed E-state index contributed by atoms with van der Waals surface area (Å²) in [5, 5.41) is 10.6. The fraction of sp³-hybridized carbons (Fsp3) is 0.591. The lowest BCUT2D eigenvalue weighted by atomic mass is 9.72. The molecule has 0 bridgehead atoms. The molecule has 2 heterocycles. The van der Waals surface area contributed by atoms with Gasteiger partial charge in [-0.1, -0.05) is 19.9 Å². The fourth-order valence-corrected chi connectivity index (χ4v) is 4.55. The molecule has 1 aliphatic carbocycles. The summed E-state index contributed by atoms with van der Waals surface area (Å²) >= 11 is 0. The molecule has 4 unspecified atom stereocenters. The van der Waals surface area contributed by atoms with E-state index >= 15 is 0 Å². The number of Topliss-reactive ketones (excluding diaryl/α,β-unsaturated/α-hetero) is 1. The second kappa shape index (κ2) is 8.13. The van der Waals surface area contributed by atoms with Crippen molar-refractivity contribution in [1.29, 1.82) is 0 Å². The third kappa shape index (κ3) is 3.51. The molecule has 1 N–H and O–H groups in total. The van der Waals surface area contributed by atoms with Crippen LogP contribution in [-0.2, 0) is 9.53 Å². The molecule has 6 nitrogen and oxygen atoms in total. The van der Waals surface area contributed by atoms with E-state index in [1.165, 1.54) is 0 Å². The number of nitrogens with zero attached hydrogens (tertiary/aromatic N) is 1. The van der Waals surface area contributed by atoms with Gasteiger partial charge in [0, 0.05) is 12.5 Å². The Morgan fingerprint density at radius 2 is 1.86 bits per heavy atom. The van der Waals surface area contributed by atoms with Crippen molar-refractivity contribution in [3.8, 4) is 11.5 Å². The van der Waals surface area contributed by atoms with Crippen molar-refractivity contribution in [3.05, 3.63) is 30.0 Å². The zero-order valence-electron chi connectivity index (χ0n) is 16.6. The van der Waals surface area contributed by atoms with Crippen LogP contribution in [0.5, 0.6) is 11.5 Å². The highest BCUT2D eigenvalue weighted by atomic mass is 16.6. The van der Waals surface area contributed by atoms with Crippen molar-refractivity contribution in [2.75, 3.05) is 32.8 Å².